The normalized spacial score (nSPS) is 15.6. The van der Waals surface area contributed by atoms with Gasteiger partial charge in [0.25, 0.3) is 0 Å². The highest BCUT2D eigenvalue weighted by molar-refractivity contribution is 7.89. The molecule has 204 valence electrons. The van der Waals surface area contributed by atoms with Gasteiger partial charge in [0.1, 0.15) is 4.90 Å². The lowest BCUT2D eigenvalue weighted by atomic mass is 9.92. The fourth-order valence-electron chi connectivity index (χ4n) is 5.13. The first-order chi connectivity index (χ1) is 18.9. The second-order valence-electron chi connectivity index (χ2n) is 9.67. The summed E-state index contributed by atoms with van der Waals surface area (Å²) in [7, 11) is -4.02. The minimum Gasteiger partial charge on any atom is -0.382 e. The molecule has 9 heteroatoms. The van der Waals surface area contributed by atoms with Crippen molar-refractivity contribution in [2.24, 2.45) is 0 Å². The van der Waals surface area contributed by atoms with Crippen molar-refractivity contribution in [2.45, 2.75) is 37.6 Å². The lowest BCUT2D eigenvalue weighted by Gasteiger charge is -2.37. The average Bonchev–Trinajstić information content (AvgIpc) is 3.43. The third kappa shape index (κ3) is 5.77. The molecule has 3 heterocycles. The van der Waals surface area contributed by atoms with Gasteiger partial charge < -0.3 is 9.64 Å². The maximum atomic E-state index is 14.1. The molecule has 0 fully saturated rings. The van der Waals surface area contributed by atoms with E-state index in [0.29, 0.717) is 31.7 Å². The van der Waals surface area contributed by atoms with E-state index in [-0.39, 0.29) is 29.9 Å². The number of rotatable bonds is 10. The van der Waals surface area contributed by atoms with E-state index < -0.39 is 10.0 Å². The third-order valence-corrected chi connectivity index (χ3v) is 9.98. The Labute approximate surface area is 234 Å². The molecule has 0 radical (unpaired) electrons. The zero-order chi connectivity index (χ0) is 27.4. The molecular weight excluding hydrogens is 530 g/mol. The van der Waals surface area contributed by atoms with Crippen LogP contribution in [-0.4, -0.2) is 61.4 Å². The van der Waals surface area contributed by atoms with E-state index in [1.807, 2.05) is 30.9 Å². The zero-order valence-electron chi connectivity index (χ0n) is 22.2. The molecule has 0 saturated heterocycles. The van der Waals surface area contributed by atoms with Gasteiger partial charge in [0, 0.05) is 42.8 Å². The Morgan fingerprint density at radius 3 is 2.72 bits per heavy atom. The molecule has 4 aromatic rings. The first-order valence-electron chi connectivity index (χ1n) is 13.2. The van der Waals surface area contributed by atoms with E-state index in [4.69, 9.17) is 4.74 Å². The van der Waals surface area contributed by atoms with Crippen molar-refractivity contribution < 1.29 is 17.9 Å². The highest BCUT2D eigenvalue weighted by Gasteiger charge is 2.36. The molecule has 5 rings (SSSR count). The number of ether oxygens (including phenoxy) is 1. The molecule has 2 aromatic heterocycles. The summed E-state index contributed by atoms with van der Waals surface area (Å²) < 4.78 is 34.9. The molecule has 0 N–H and O–H groups in total. The Bertz CT molecular complexity index is 1540. The smallest absolute Gasteiger partial charge is 0.245 e. The minimum absolute atomic E-state index is 0.110. The molecule has 1 aliphatic rings. The second-order valence-corrected chi connectivity index (χ2v) is 12.6. The molecule has 0 bridgehead atoms. The van der Waals surface area contributed by atoms with Crippen LogP contribution in [0.15, 0.2) is 77.1 Å². The molecule has 1 amide bonds. The fraction of sp³-hybridized carbons (Fsp3) is 0.333. The fourth-order valence-corrected chi connectivity index (χ4v) is 7.63. The van der Waals surface area contributed by atoms with Gasteiger partial charge in [-0.2, -0.15) is 4.31 Å². The van der Waals surface area contributed by atoms with Gasteiger partial charge >= 0.3 is 0 Å². The number of carbonyl (C=O) groups excluding carboxylic acids is 1. The van der Waals surface area contributed by atoms with Gasteiger partial charge in [-0.05, 0) is 61.4 Å². The number of fused-ring (bicyclic) bond motifs is 2. The Kier molecular flexibility index (Phi) is 8.42. The third-order valence-electron chi connectivity index (χ3n) is 7.10. The van der Waals surface area contributed by atoms with Crippen molar-refractivity contribution in [1.29, 1.82) is 0 Å². The SMILES string of the molecule is CCOCCCN(CC(=O)N1CCc2sccc2C1c1ccc(C)cc1)S(=O)(=O)c1cccc2cccnc12. The number of carbonyl (C=O) groups is 1. The summed E-state index contributed by atoms with van der Waals surface area (Å²) >= 11 is 1.71. The van der Waals surface area contributed by atoms with Gasteiger partial charge in [0.2, 0.25) is 15.9 Å². The van der Waals surface area contributed by atoms with Crippen molar-refractivity contribution in [3.05, 3.63) is 93.8 Å². The summed E-state index contributed by atoms with van der Waals surface area (Å²) in [5.41, 5.74) is 3.69. The van der Waals surface area contributed by atoms with Crippen molar-refractivity contribution in [3.8, 4) is 0 Å². The standard InChI is InChI=1S/C30H33N3O4S2/c1-3-37-19-6-17-32(39(35,36)27-9-4-7-23-8-5-16-31-29(23)27)21-28(34)33-18-14-26-25(15-20-38-26)30(33)24-12-10-22(2)11-13-24/h4-5,7-13,15-16,20,30H,3,6,14,17-19,21H2,1-2H3. The number of thiophene rings is 1. The van der Waals surface area contributed by atoms with Crippen LogP contribution in [0.1, 0.15) is 41.0 Å². The van der Waals surface area contributed by atoms with Crippen LogP contribution in [0.4, 0.5) is 0 Å². The lowest BCUT2D eigenvalue weighted by molar-refractivity contribution is -0.133. The van der Waals surface area contributed by atoms with E-state index in [2.05, 4.69) is 40.7 Å². The molecule has 2 aromatic carbocycles. The Morgan fingerprint density at radius 1 is 1.13 bits per heavy atom. The number of amides is 1. The summed E-state index contributed by atoms with van der Waals surface area (Å²) in [6.45, 7) is 5.36. The van der Waals surface area contributed by atoms with E-state index >= 15 is 0 Å². The van der Waals surface area contributed by atoms with Crippen LogP contribution in [0.25, 0.3) is 10.9 Å². The van der Waals surface area contributed by atoms with Crippen LogP contribution in [-0.2, 0) is 26.0 Å². The monoisotopic (exact) mass is 563 g/mol. The second kappa shape index (κ2) is 12.0. The number of pyridine rings is 1. The molecule has 7 nitrogen and oxygen atoms in total. The van der Waals surface area contributed by atoms with E-state index in [0.717, 1.165) is 28.5 Å². The quantitative estimate of drug-likeness (QED) is 0.248. The Morgan fingerprint density at radius 2 is 1.92 bits per heavy atom. The average molecular weight is 564 g/mol. The molecule has 1 aliphatic heterocycles. The summed E-state index contributed by atoms with van der Waals surface area (Å²) in [5, 5.41) is 2.80. The zero-order valence-corrected chi connectivity index (χ0v) is 23.9. The maximum Gasteiger partial charge on any atom is 0.245 e. The summed E-state index contributed by atoms with van der Waals surface area (Å²) in [6, 6.07) is 18.8. The van der Waals surface area contributed by atoms with E-state index in [1.54, 1.807) is 35.7 Å². The van der Waals surface area contributed by atoms with Gasteiger partial charge in [-0.25, -0.2) is 8.42 Å². The van der Waals surface area contributed by atoms with Crippen molar-refractivity contribution >= 4 is 38.2 Å². The van der Waals surface area contributed by atoms with Crippen LogP contribution < -0.4 is 0 Å². The van der Waals surface area contributed by atoms with Crippen molar-refractivity contribution in [3.63, 3.8) is 0 Å². The first-order valence-corrected chi connectivity index (χ1v) is 15.6. The predicted octanol–water partition coefficient (Wildman–Crippen LogP) is 5.20. The summed E-state index contributed by atoms with van der Waals surface area (Å²) in [4.78, 5) is 21.6. The largest absolute Gasteiger partial charge is 0.382 e. The molecular formula is C30H33N3O4S2. The van der Waals surface area contributed by atoms with Crippen LogP contribution in [0.5, 0.6) is 0 Å². The van der Waals surface area contributed by atoms with E-state index in [9.17, 15) is 13.2 Å². The van der Waals surface area contributed by atoms with Crippen LogP contribution >= 0.6 is 11.3 Å². The number of aromatic nitrogens is 1. The van der Waals surface area contributed by atoms with Gasteiger partial charge in [0.05, 0.1) is 18.1 Å². The Hall–Kier alpha value is -3.11. The van der Waals surface area contributed by atoms with Crippen LogP contribution in [0.2, 0.25) is 0 Å². The number of para-hydroxylation sites is 1. The molecule has 0 spiro atoms. The molecule has 1 unspecified atom stereocenters. The maximum absolute atomic E-state index is 14.1. The van der Waals surface area contributed by atoms with Crippen LogP contribution in [0, 0.1) is 6.92 Å². The number of hydrogen-bond donors (Lipinski definition) is 0. The molecule has 0 aliphatic carbocycles. The van der Waals surface area contributed by atoms with Gasteiger partial charge in [-0.3, -0.25) is 9.78 Å². The van der Waals surface area contributed by atoms with Gasteiger partial charge in [-0.1, -0.05) is 48.0 Å². The number of nitrogens with zero attached hydrogens (tertiary/aromatic N) is 3. The van der Waals surface area contributed by atoms with Gasteiger partial charge in [0.15, 0.2) is 0 Å². The van der Waals surface area contributed by atoms with Gasteiger partial charge in [-0.15, -0.1) is 11.3 Å². The number of hydrogen-bond acceptors (Lipinski definition) is 6. The highest BCUT2D eigenvalue weighted by Crippen LogP contribution is 2.38. The summed E-state index contributed by atoms with van der Waals surface area (Å²) in [6.07, 6.45) is 2.82. The van der Waals surface area contributed by atoms with Crippen molar-refractivity contribution in [1.82, 2.24) is 14.2 Å². The number of benzene rings is 2. The number of aryl methyl sites for hydroxylation is 1. The lowest BCUT2D eigenvalue weighted by Crippen LogP contribution is -2.47. The Balaban J connectivity index is 1.48. The van der Waals surface area contributed by atoms with Crippen LogP contribution in [0.3, 0.4) is 0 Å². The molecule has 1 atom stereocenters. The minimum atomic E-state index is -4.02. The first kappa shape index (κ1) is 27.5. The van der Waals surface area contributed by atoms with Crippen molar-refractivity contribution in [2.75, 3.05) is 32.8 Å². The molecule has 39 heavy (non-hydrogen) atoms. The number of sulfonamides is 1. The summed E-state index contributed by atoms with van der Waals surface area (Å²) in [5.74, 6) is -0.217. The highest BCUT2D eigenvalue weighted by atomic mass is 32.2. The predicted molar refractivity (Wildman–Crippen MR) is 154 cm³/mol. The topological polar surface area (TPSA) is 79.8 Å². The van der Waals surface area contributed by atoms with E-state index in [1.165, 1.54) is 9.18 Å². The molecule has 0 saturated carbocycles.